The molecule has 0 amide bonds. The van der Waals surface area contributed by atoms with Crippen LogP contribution in [0, 0.1) is 5.92 Å². The Morgan fingerprint density at radius 2 is 2.40 bits per heavy atom. The smallest absolute Gasteiger partial charge is 0.0200 e. The van der Waals surface area contributed by atoms with Crippen molar-refractivity contribution in [3.8, 4) is 0 Å². The highest BCUT2D eigenvalue weighted by atomic mass is 15.1. The quantitative estimate of drug-likeness (QED) is 0.567. The van der Waals surface area contributed by atoms with Crippen molar-refractivity contribution in [1.29, 1.82) is 0 Å². The van der Waals surface area contributed by atoms with Crippen LogP contribution in [0.15, 0.2) is 12.3 Å². The van der Waals surface area contributed by atoms with E-state index in [4.69, 9.17) is 0 Å². The van der Waals surface area contributed by atoms with Gasteiger partial charge in [0.1, 0.15) is 0 Å². The summed E-state index contributed by atoms with van der Waals surface area (Å²) in [5.74, 6) is 0.917. The third kappa shape index (κ3) is 2.05. The SMILES string of the molecule is CCCC1CC=CN(C)C1. The average molecular weight is 139 g/mol. The summed E-state index contributed by atoms with van der Waals surface area (Å²) in [5, 5.41) is 0. The Hall–Kier alpha value is -0.460. The van der Waals surface area contributed by atoms with Gasteiger partial charge in [-0.05, 0) is 25.0 Å². The molecule has 1 heterocycles. The summed E-state index contributed by atoms with van der Waals surface area (Å²) in [4.78, 5) is 2.28. The molecule has 1 unspecified atom stereocenters. The first-order chi connectivity index (χ1) is 4.83. The minimum Gasteiger partial charge on any atom is -0.380 e. The van der Waals surface area contributed by atoms with E-state index in [0.29, 0.717) is 0 Å². The average Bonchev–Trinajstić information content (AvgIpc) is 1.88. The number of hydrogen-bond acceptors (Lipinski definition) is 1. The van der Waals surface area contributed by atoms with E-state index in [1.807, 2.05) is 0 Å². The van der Waals surface area contributed by atoms with E-state index in [9.17, 15) is 0 Å². The van der Waals surface area contributed by atoms with Crippen molar-refractivity contribution in [1.82, 2.24) is 4.90 Å². The van der Waals surface area contributed by atoms with E-state index >= 15 is 0 Å². The third-order valence-electron chi connectivity index (χ3n) is 2.07. The predicted molar refractivity (Wildman–Crippen MR) is 44.8 cm³/mol. The minimum atomic E-state index is 0.917. The maximum atomic E-state index is 2.28. The Kier molecular flexibility index (Phi) is 2.79. The molecule has 1 heteroatoms. The van der Waals surface area contributed by atoms with Gasteiger partial charge in [0.2, 0.25) is 0 Å². The lowest BCUT2D eigenvalue weighted by molar-refractivity contribution is 0.317. The molecular formula is C9H17N. The zero-order chi connectivity index (χ0) is 7.40. The van der Waals surface area contributed by atoms with Gasteiger partial charge < -0.3 is 4.90 Å². The van der Waals surface area contributed by atoms with Crippen LogP contribution < -0.4 is 0 Å². The van der Waals surface area contributed by atoms with Crippen LogP contribution in [0.3, 0.4) is 0 Å². The summed E-state index contributed by atoms with van der Waals surface area (Å²) in [6.07, 6.45) is 8.47. The molecule has 1 aliphatic heterocycles. The summed E-state index contributed by atoms with van der Waals surface area (Å²) < 4.78 is 0. The van der Waals surface area contributed by atoms with Crippen LogP contribution in [-0.2, 0) is 0 Å². The summed E-state index contributed by atoms with van der Waals surface area (Å²) in [6, 6.07) is 0. The van der Waals surface area contributed by atoms with Gasteiger partial charge in [0.05, 0.1) is 0 Å². The fourth-order valence-electron chi connectivity index (χ4n) is 1.59. The molecule has 1 nitrogen and oxygen atoms in total. The van der Waals surface area contributed by atoms with E-state index in [2.05, 4.69) is 31.1 Å². The van der Waals surface area contributed by atoms with Crippen molar-refractivity contribution in [2.24, 2.45) is 5.92 Å². The predicted octanol–water partition coefficient (Wildman–Crippen LogP) is 2.25. The van der Waals surface area contributed by atoms with Gasteiger partial charge >= 0.3 is 0 Å². The Bertz CT molecular complexity index is 118. The molecule has 1 rings (SSSR count). The zero-order valence-electron chi connectivity index (χ0n) is 7.01. The first-order valence-electron chi connectivity index (χ1n) is 4.20. The van der Waals surface area contributed by atoms with Gasteiger partial charge in [-0.15, -0.1) is 0 Å². The summed E-state index contributed by atoms with van der Waals surface area (Å²) in [6.45, 7) is 3.52. The molecule has 0 aromatic carbocycles. The second-order valence-electron chi connectivity index (χ2n) is 3.21. The van der Waals surface area contributed by atoms with Crippen molar-refractivity contribution < 1.29 is 0 Å². The second kappa shape index (κ2) is 3.65. The first-order valence-corrected chi connectivity index (χ1v) is 4.20. The fourth-order valence-corrected chi connectivity index (χ4v) is 1.59. The maximum Gasteiger partial charge on any atom is 0.0200 e. The second-order valence-corrected chi connectivity index (χ2v) is 3.21. The van der Waals surface area contributed by atoms with Crippen molar-refractivity contribution in [2.45, 2.75) is 26.2 Å². The van der Waals surface area contributed by atoms with Gasteiger partial charge in [0, 0.05) is 13.6 Å². The molecule has 0 radical (unpaired) electrons. The van der Waals surface area contributed by atoms with Gasteiger partial charge in [0.25, 0.3) is 0 Å². The molecule has 0 aliphatic carbocycles. The number of hydrogen-bond donors (Lipinski definition) is 0. The molecule has 58 valence electrons. The van der Waals surface area contributed by atoms with E-state index in [0.717, 1.165) is 5.92 Å². The van der Waals surface area contributed by atoms with Crippen LogP contribution in [0.5, 0.6) is 0 Å². The molecule has 0 fully saturated rings. The van der Waals surface area contributed by atoms with Crippen LogP contribution in [0.2, 0.25) is 0 Å². The van der Waals surface area contributed by atoms with Gasteiger partial charge in [-0.3, -0.25) is 0 Å². The molecule has 0 aromatic heterocycles. The first kappa shape index (κ1) is 7.64. The molecule has 0 saturated carbocycles. The highest BCUT2D eigenvalue weighted by Crippen LogP contribution is 2.16. The number of nitrogens with zero attached hydrogens (tertiary/aromatic N) is 1. The van der Waals surface area contributed by atoms with Gasteiger partial charge in [-0.2, -0.15) is 0 Å². The van der Waals surface area contributed by atoms with Crippen molar-refractivity contribution >= 4 is 0 Å². The van der Waals surface area contributed by atoms with Crippen molar-refractivity contribution in [2.75, 3.05) is 13.6 Å². The van der Waals surface area contributed by atoms with Gasteiger partial charge in [0.15, 0.2) is 0 Å². The zero-order valence-corrected chi connectivity index (χ0v) is 7.01. The van der Waals surface area contributed by atoms with Crippen LogP contribution in [0.1, 0.15) is 26.2 Å². The Morgan fingerprint density at radius 1 is 1.60 bits per heavy atom. The Morgan fingerprint density at radius 3 is 3.00 bits per heavy atom. The molecular weight excluding hydrogens is 122 g/mol. The van der Waals surface area contributed by atoms with E-state index in [1.54, 1.807) is 0 Å². The van der Waals surface area contributed by atoms with Crippen LogP contribution in [0.4, 0.5) is 0 Å². The molecule has 0 aromatic rings. The highest BCUT2D eigenvalue weighted by Gasteiger charge is 2.10. The van der Waals surface area contributed by atoms with Gasteiger partial charge in [-0.25, -0.2) is 0 Å². The van der Waals surface area contributed by atoms with E-state index < -0.39 is 0 Å². The topological polar surface area (TPSA) is 3.24 Å². The molecule has 10 heavy (non-hydrogen) atoms. The third-order valence-corrected chi connectivity index (χ3v) is 2.07. The lowest BCUT2D eigenvalue weighted by Crippen LogP contribution is -2.23. The number of rotatable bonds is 2. The largest absolute Gasteiger partial charge is 0.380 e. The normalized spacial score (nSPS) is 25.4. The van der Waals surface area contributed by atoms with E-state index in [-0.39, 0.29) is 0 Å². The standard InChI is InChI=1S/C9H17N/c1-3-5-9-6-4-7-10(2)8-9/h4,7,9H,3,5-6,8H2,1-2H3. The summed E-state index contributed by atoms with van der Waals surface area (Å²) in [7, 11) is 2.15. The maximum absolute atomic E-state index is 2.28. The molecule has 0 saturated heterocycles. The molecule has 0 N–H and O–H groups in total. The molecule has 0 spiro atoms. The lowest BCUT2D eigenvalue weighted by atomic mass is 9.97. The van der Waals surface area contributed by atoms with Crippen LogP contribution >= 0.6 is 0 Å². The lowest BCUT2D eigenvalue weighted by Gasteiger charge is -2.25. The number of allylic oxidation sites excluding steroid dienone is 1. The van der Waals surface area contributed by atoms with Crippen molar-refractivity contribution in [3.63, 3.8) is 0 Å². The van der Waals surface area contributed by atoms with Crippen LogP contribution in [-0.4, -0.2) is 18.5 Å². The van der Waals surface area contributed by atoms with Crippen molar-refractivity contribution in [3.05, 3.63) is 12.3 Å². The fraction of sp³-hybridized carbons (Fsp3) is 0.778. The molecule has 1 atom stereocenters. The minimum absolute atomic E-state index is 0.917. The molecule has 1 aliphatic rings. The Labute approximate surface area is 63.7 Å². The van der Waals surface area contributed by atoms with Crippen LogP contribution in [0.25, 0.3) is 0 Å². The van der Waals surface area contributed by atoms with E-state index in [1.165, 1.54) is 25.8 Å². The Balaban J connectivity index is 2.29. The summed E-state index contributed by atoms with van der Waals surface area (Å²) >= 11 is 0. The molecule has 0 bridgehead atoms. The summed E-state index contributed by atoms with van der Waals surface area (Å²) in [5.41, 5.74) is 0. The van der Waals surface area contributed by atoms with Gasteiger partial charge in [-0.1, -0.05) is 19.4 Å². The monoisotopic (exact) mass is 139 g/mol. The highest BCUT2D eigenvalue weighted by molar-refractivity contribution is 4.89.